The van der Waals surface area contributed by atoms with E-state index in [2.05, 4.69) is 5.10 Å². The molecule has 15 heavy (non-hydrogen) atoms. The number of aliphatic carboxylic acids is 1. The molecule has 4 nitrogen and oxygen atoms in total. The highest BCUT2D eigenvalue weighted by Crippen LogP contribution is 2.25. The van der Waals surface area contributed by atoms with E-state index in [1.54, 1.807) is 7.05 Å². The Morgan fingerprint density at radius 2 is 2.13 bits per heavy atom. The van der Waals surface area contributed by atoms with Crippen LogP contribution in [0.1, 0.15) is 38.3 Å². The van der Waals surface area contributed by atoms with Crippen molar-refractivity contribution in [1.82, 2.24) is 9.78 Å². The molecule has 84 valence electrons. The van der Waals surface area contributed by atoms with Crippen LogP contribution < -0.4 is 0 Å². The summed E-state index contributed by atoms with van der Waals surface area (Å²) in [6.07, 6.45) is -2.02. The number of rotatable bonds is 2. The van der Waals surface area contributed by atoms with Crippen LogP contribution in [0.2, 0.25) is 0 Å². The fraction of sp³-hybridized carbons (Fsp3) is 0.600. The highest BCUT2D eigenvalue weighted by Gasteiger charge is 2.26. The standard InChI is InChI=1S/C10H15FN2O2/c1-10(2,3)7-5-6(13(4)12-7)8(11)9(14)15/h5,8H,1-4H3,(H,14,15). The van der Waals surface area contributed by atoms with E-state index in [4.69, 9.17) is 5.11 Å². The monoisotopic (exact) mass is 214 g/mol. The van der Waals surface area contributed by atoms with Crippen LogP contribution >= 0.6 is 0 Å². The molecule has 0 fully saturated rings. The molecular formula is C10H15FN2O2. The number of alkyl halides is 1. The van der Waals surface area contributed by atoms with E-state index in [0.29, 0.717) is 5.69 Å². The molecule has 1 heterocycles. The predicted molar refractivity (Wildman–Crippen MR) is 53.4 cm³/mol. The van der Waals surface area contributed by atoms with E-state index in [1.807, 2.05) is 20.8 Å². The van der Waals surface area contributed by atoms with Gasteiger partial charge in [-0.3, -0.25) is 4.68 Å². The Labute approximate surface area is 87.7 Å². The molecule has 1 aromatic rings. The highest BCUT2D eigenvalue weighted by molar-refractivity contribution is 5.73. The van der Waals surface area contributed by atoms with Crippen LogP contribution in [-0.4, -0.2) is 20.9 Å². The van der Waals surface area contributed by atoms with Gasteiger partial charge in [0.15, 0.2) is 0 Å². The SMILES string of the molecule is Cn1nc(C(C)(C)C)cc1C(F)C(=O)O. The maximum absolute atomic E-state index is 13.3. The van der Waals surface area contributed by atoms with Gasteiger partial charge in [-0.25, -0.2) is 9.18 Å². The molecule has 0 radical (unpaired) electrons. The molecule has 0 aliphatic carbocycles. The first-order chi connectivity index (χ1) is 6.73. The highest BCUT2D eigenvalue weighted by atomic mass is 19.1. The normalized spacial score (nSPS) is 13.9. The maximum Gasteiger partial charge on any atom is 0.344 e. The lowest BCUT2D eigenvalue weighted by atomic mass is 9.92. The van der Waals surface area contributed by atoms with Crippen LogP contribution in [-0.2, 0) is 17.3 Å². The first-order valence-electron chi connectivity index (χ1n) is 4.65. The zero-order valence-corrected chi connectivity index (χ0v) is 9.28. The van der Waals surface area contributed by atoms with Crippen molar-refractivity contribution in [2.45, 2.75) is 32.4 Å². The van der Waals surface area contributed by atoms with Gasteiger partial charge < -0.3 is 5.11 Å². The number of hydrogen-bond acceptors (Lipinski definition) is 2. The summed E-state index contributed by atoms with van der Waals surface area (Å²) in [4.78, 5) is 10.5. The summed E-state index contributed by atoms with van der Waals surface area (Å²) in [5.41, 5.74) is 0.546. The summed E-state index contributed by atoms with van der Waals surface area (Å²) in [5.74, 6) is -1.49. The zero-order valence-electron chi connectivity index (χ0n) is 9.28. The van der Waals surface area contributed by atoms with Gasteiger partial charge in [-0.15, -0.1) is 0 Å². The van der Waals surface area contributed by atoms with Crippen molar-refractivity contribution in [1.29, 1.82) is 0 Å². The van der Waals surface area contributed by atoms with E-state index < -0.39 is 12.1 Å². The third-order valence-electron chi connectivity index (χ3n) is 2.16. The van der Waals surface area contributed by atoms with Gasteiger partial charge in [-0.2, -0.15) is 5.10 Å². The summed E-state index contributed by atoms with van der Waals surface area (Å²) < 4.78 is 14.5. The van der Waals surface area contributed by atoms with Crippen molar-refractivity contribution in [3.63, 3.8) is 0 Å². The molecule has 0 saturated carbocycles. The Balaban J connectivity index is 3.12. The van der Waals surface area contributed by atoms with Crippen molar-refractivity contribution in [3.8, 4) is 0 Å². The molecule has 1 unspecified atom stereocenters. The fourth-order valence-electron chi connectivity index (χ4n) is 1.21. The van der Waals surface area contributed by atoms with E-state index in [-0.39, 0.29) is 11.1 Å². The summed E-state index contributed by atoms with van der Waals surface area (Å²) >= 11 is 0. The molecule has 0 aromatic carbocycles. The summed E-state index contributed by atoms with van der Waals surface area (Å²) in [7, 11) is 1.54. The summed E-state index contributed by atoms with van der Waals surface area (Å²) in [6.45, 7) is 5.81. The summed E-state index contributed by atoms with van der Waals surface area (Å²) in [5, 5.41) is 12.7. The van der Waals surface area contributed by atoms with Crippen LogP contribution in [0, 0.1) is 0 Å². The Bertz CT molecular complexity index is 379. The van der Waals surface area contributed by atoms with Crippen LogP contribution in [0.3, 0.4) is 0 Å². The molecule has 1 atom stereocenters. The Morgan fingerprint density at radius 1 is 1.60 bits per heavy atom. The maximum atomic E-state index is 13.3. The minimum atomic E-state index is -2.02. The van der Waals surface area contributed by atoms with Crippen LogP contribution in [0.4, 0.5) is 4.39 Å². The van der Waals surface area contributed by atoms with Crippen molar-refractivity contribution in [3.05, 3.63) is 17.5 Å². The zero-order chi connectivity index (χ0) is 11.8. The second kappa shape index (κ2) is 3.64. The lowest BCUT2D eigenvalue weighted by Crippen LogP contribution is -2.12. The van der Waals surface area contributed by atoms with Gasteiger partial charge in [0.25, 0.3) is 0 Å². The number of carboxylic acids is 1. The van der Waals surface area contributed by atoms with Gasteiger partial charge >= 0.3 is 5.97 Å². The second-order valence-electron chi connectivity index (χ2n) is 4.53. The Hall–Kier alpha value is -1.39. The van der Waals surface area contributed by atoms with Crippen LogP contribution in [0.15, 0.2) is 6.07 Å². The van der Waals surface area contributed by atoms with Gasteiger partial charge in [0.05, 0.1) is 11.4 Å². The molecule has 0 amide bonds. The molecule has 0 saturated heterocycles. The molecule has 1 rings (SSSR count). The van der Waals surface area contributed by atoms with Crippen LogP contribution in [0.5, 0.6) is 0 Å². The quantitative estimate of drug-likeness (QED) is 0.816. The van der Waals surface area contributed by atoms with Crippen LogP contribution in [0.25, 0.3) is 0 Å². The molecular weight excluding hydrogens is 199 g/mol. The number of aromatic nitrogens is 2. The minimum absolute atomic E-state index is 0.0763. The minimum Gasteiger partial charge on any atom is -0.479 e. The fourth-order valence-corrected chi connectivity index (χ4v) is 1.21. The number of nitrogens with zero attached hydrogens (tertiary/aromatic N) is 2. The van der Waals surface area contributed by atoms with Gasteiger partial charge in [-0.1, -0.05) is 20.8 Å². The third kappa shape index (κ3) is 2.34. The van der Waals surface area contributed by atoms with Gasteiger partial charge in [0.2, 0.25) is 6.17 Å². The van der Waals surface area contributed by atoms with Gasteiger partial charge in [0.1, 0.15) is 0 Å². The number of carboxylic acid groups (broad SMARTS) is 1. The largest absolute Gasteiger partial charge is 0.479 e. The lowest BCUT2D eigenvalue weighted by molar-refractivity contribution is -0.143. The molecule has 0 spiro atoms. The van der Waals surface area contributed by atoms with E-state index in [9.17, 15) is 9.18 Å². The first-order valence-corrected chi connectivity index (χ1v) is 4.65. The van der Waals surface area contributed by atoms with Gasteiger partial charge in [-0.05, 0) is 6.07 Å². The molecule has 0 aliphatic heterocycles. The average molecular weight is 214 g/mol. The van der Waals surface area contributed by atoms with E-state index in [0.717, 1.165) is 0 Å². The van der Waals surface area contributed by atoms with E-state index in [1.165, 1.54) is 10.7 Å². The Morgan fingerprint density at radius 3 is 2.47 bits per heavy atom. The first kappa shape index (κ1) is 11.7. The molecule has 1 aromatic heterocycles. The molecule has 1 N–H and O–H groups in total. The van der Waals surface area contributed by atoms with Crippen molar-refractivity contribution in [2.75, 3.05) is 0 Å². The number of aryl methyl sites for hydroxylation is 1. The Kier molecular flexibility index (Phi) is 2.83. The lowest BCUT2D eigenvalue weighted by Gasteiger charge is -2.13. The van der Waals surface area contributed by atoms with Crippen molar-refractivity contribution < 1.29 is 14.3 Å². The smallest absolute Gasteiger partial charge is 0.344 e. The number of halogens is 1. The molecule has 0 aliphatic rings. The topological polar surface area (TPSA) is 55.1 Å². The summed E-state index contributed by atoms with van der Waals surface area (Å²) in [6, 6.07) is 1.50. The predicted octanol–water partition coefficient (Wildman–Crippen LogP) is 1.81. The van der Waals surface area contributed by atoms with Crippen molar-refractivity contribution in [2.24, 2.45) is 7.05 Å². The number of carbonyl (C=O) groups is 1. The second-order valence-corrected chi connectivity index (χ2v) is 4.53. The average Bonchev–Trinajstić information content (AvgIpc) is 2.45. The van der Waals surface area contributed by atoms with Crippen molar-refractivity contribution >= 4 is 5.97 Å². The molecule has 0 bridgehead atoms. The number of hydrogen-bond donors (Lipinski definition) is 1. The molecule has 5 heteroatoms. The third-order valence-corrected chi connectivity index (χ3v) is 2.16. The van der Waals surface area contributed by atoms with Gasteiger partial charge in [0, 0.05) is 12.5 Å². The van der Waals surface area contributed by atoms with E-state index >= 15 is 0 Å².